The van der Waals surface area contributed by atoms with E-state index < -0.39 is 0 Å². The van der Waals surface area contributed by atoms with Gasteiger partial charge in [0.2, 0.25) is 0 Å². The third kappa shape index (κ3) is 4.47. The molecule has 1 atom stereocenters. The van der Waals surface area contributed by atoms with Gasteiger partial charge in [-0.2, -0.15) is 0 Å². The van der Waals surface area contributed by atoms with E-state index in [-0.39, 0.29) is 16.2 Å². The summed E-state index contributed by atoms with van der Waals surface area (Å²) >= 11 is 0. The van der Waals surface area contributed by atoms with Crippen LogP contribution in [0.25, 0.3) is 33.0 Å². The van der Waals surface area contributed by atoms with Gasteiger partial charge in [0, 0.05) is 46.3 Å². The number of hydrogen-bond donors (Lipinski definition) is 1. The largest absolute Gasteiger partial charge is 0.507 e. The van der Waals surface area contributed by atoms with Crippen molar-refractivity contribution < 1.29 is 14.6 Å². The van der Waals surface area contributed by atoms with Gasteiger partial charge < -0.3 is 19.5 Å². The molecule has 4 aromatic carbocycles. The summed E-state index contributed by atoms with van der Waals surface area (Å²) in [5.74, 6) is 1.89. The summed E-state index contributed by atoms with van der Waals surface area (Å²) in [6, 6.07) is 22.3. The van der Waals surface area contributed by atoms with Crippen molar-refractivity contribution in [3.05, 3.63) is 71.8 Å². The van der Waals surface area contributed by atoms with Gasteiger partial charge in [-0.3, -0.25) is 0 Å². The molecular formula is C40H47NO3. The molecule has 1 unspecified atom stereocenters. The molecule has 3 aliphatic rings. The summed E-state index contributed by atoms with van der Waals surface area (Å²) in [5, 5.41) is 14.0. The smallest absolute Gasteiger partial charge is 0.130 e. The van der Waals surface area contributed by atoms with Crippen molar-refractivity contribution in [2.45, 2.75) is 84.6 Å². The van der Waals surface area contributed by atoms with Crippen LogP contribution in [-0.4, -0.2) is 31.9 Å². The van der Waals surface area contributed by atoms with Crippen molar-refractivity contribution in [3.8, 4) is 39.5 Å². The number of aromatic hydroxyl groups is 1. The lowest BCUT2D eigenvalue weighted by Gasteiger charge is -2.51. The van der Waals surface area contributed by atoms with E-state index >= 15 is 0 Å². The Bertz CT molecular complexity index is 1750. The molecule has 0 aromatic heterocycles. The standard InChI is InChI=1S/C40H47NO3/c1-25-12-10-11-17-41(25)34-20-31-30(19-29(34)27-16-15-26(43-6)18-36(27)44-7)35(42)21-33-37(31)28-13-8-9-14-32(28)40(33)23-38(2,3)22-39(4,5)24-40/h8-9,13-16,18-21,25,42H,10-12,17,22-24H2,1-7H3. The molecule has 230 valence electrons. The number of methoxy groups -OCH3 is 2. The zero-order valence-electron chi connectivity index (χ0n) is 27.5. The number of phenolic OH excluding ortho intramolecular Hbond substituents is 1. The molecule has 2 aliphatic carbocycles. The number of hydrogen-bond acceptors (Lipinski definition) is 4. The lowest BCUT2D eigenvalue weighted by atomic mass is 9.52. The first-order chi connectivity index (χ1) is 21.0. The number of rotatable bonds is 4. The average molecular weight is 590 g/mol. The van der Waals surface area contributed by atoms with Crippen LogP contribution < -0.4 is 14.4 Å². The molecule has 1 aliphatic heterocycles. The number of phenols is 1. The molecule has 0 bridgehead atoms. The number of anilines is 1. The van der Waals surface area contributed by atoms with E-state index in [1.165, 1.54) is 53.6 Å². The number of nitrogens with zero attached hydrogens (tertiary/aromatic N) is 1. The highest BCUT2D eigenvalue weighted by atomic mass is 16.5. The highest BCUT2D eigenvalue weighted by Gasteiger charge is 2.53. The molecule has 2 fully saturated rings. The van der Waals surface area contributed by atoms with E-state index in [1.807, 2.05) is 12.1 Å². The molecule has 0 radical (unpaired) electrons. The van der Waals surface area contributed by atoms with Crippen molar-refractivity contribution in [1.29, 1.82) is 0 Å². The monoisotopic (exact) mass is 589 g/mol. The van der Waals surface area contributed by atoms with Gasteiger partial charge in [0.15, 0.2) is 0 Å². The molecule has 44 heavy (non-hydrogen) atoms. The lowest BCUT2D eigenvalue weighted by Crippen LogP contribution is -2.43. The van der Waals surface area contributed by atoms with Gasteiger partial charge >= 0.3 is 0 Å². The minimum Gasteiger partial charge on any atom is -0.507 e. The SMILES string of the molecule is COc1ccc(-c2cc3c(O)cc4c(c3cc2N2CCCCC2C)-c2ccccc2C42CC(C)(C)CC(C)(C)C2)c(OC)c1. The van der Waals surface area contributed by atoms with Crippen LogP contribution in [0.1, 0.15) is 84.3 Å². The first-order valence-corrected chi connectivity index (χ1v) is 16.4. The maximum Gasteiger partial charge on any atom is 0.130 e. The summed E-state index contributed by atoms with van der Waals surface area (Å²) in [5.41, 5.74) is 8.91. The molecule has 1 saturated heterocycles. The van der Waals surface area contributed by atoms with Crippen LogP contribution in [0.2, 0.25) is 0 Å². The lowest BCUT2D eigenvalue weighted by molar-refractivity contribution is 0.0645. The highest BCUT2D eigenvalue weighted by molar-refractivity contribution is 6.09. The van der Waals surface area contributed by atoms with Crippen molar-refractivity contribution in [3.63, 3.8) is 0 Å². The van der Waals surface area contributed by atoms with Crippen molar-refractivity contribution in [2.24, 2.45) is 10.8 Å². The van der Waals surface area contributed by atoms with Crippen LogP contribution in [-0.2, 0) is 5.41 Å². The van der Waals surface area contributed by atoms with Gasteiger partial charge in [-0.05, 0) is 114 Å². The molecule has 1 spiro atoms. The topological polar surface area (TPSA) is 41.9 Å². The summed E-state index contributed by atoms with van der Waals surface area (Å²) in [6.45, 7) is 13.1. The number of benzene rings is 4. The predicted molar refractivity (Wildman–Crippen MR) is 182 cm³/mol. The van der Waals surface area contributed by atoms with E-state index in [0.717, 1.165) is 52.8 Å². The minimum absolute atomic E-state index is 0.126. The van der Waals surface area contributed by atoms with Gasteiger partial charge in [0.1, 0.15) is 17.2 Å². The number of fused-ring (bicyclic) bond motifs is 7. The zero-order valence-corrected chi connectivity index (χ0v) is 27.5. The zero-order chi connectivity index (χ0) is 31.0. The van der Waals surface area contributed by atoms with Crippen LogP contribution in [0.4, 0.5) is 5.69 Å². The summed E-state index contributed by atoms with van der Waals surface area (Å²) < 4.78 is 11.5. The Morgan fingerprint density at radius 2 is 1.50 bits per heavy atom. The molecule has 1 saturated carbocycles. The Morgan fingerprint density at radius 1 is 0.750 bits per heavy atom. The van der Waals surface area contributed by atoms with Crippen LogP contribution in [0.15, 0.2) is 60.7 Å². The second-order valence-corrected chi connectivity index (χ2v) is 15.3. The molecule has 1 heterocycles. The fourth-order valence-electron chi connectivity index (χ4n) is 9.80. The second kappa shape index (κ2) is 10.2. The van der Waals surface area contributed by atoms with E-state index in [9.17, 15) is 5.11 Å². The third-order valence-electron chi connectivity index (χ3n) is 10.8. The van der Waals surface area contributed by atoms with Gasteiger partial charge in [-0.1, -0.05) is 52.0 Å². The Hall–Kier alpha value is -3.66. The maximum absolute atomic E-state index is 12.0. The quantitative estimate of drug-likeness (QED) is 0.257. The molecule has 0 amide bonds. The fraction of sp³-hybridized carbons (Fsp3) is 0.450. The molecule has 4 heteroatoms. The maximum atomic E-state index is 12.0. The Kier molecular flexibility index (Phi) is 6.73. The fourth-order valence-corrected chi connectivity index (χ4v) is 9.80. The molecule has 4 aromatic rings. The van der Waals surface area contributed by atoms with Gasteiger partial charge in [-0.15, -0.1) is 0 Å². The highest BCUT2D eigenvalue weighted by Crippen LogP contribution is 2.65. The Balaban J connectivity index is 1.55. The summed E-state index contributed by atoms with van der Waals surface area (Å²) in [7, 11) is 3.40. The van der Waals surface area contributed by atoms with Crippen LogP contribution in [0.3, 0.4) is 0 Å². The van der Waals surface area contributed by atoms with Crippen molar-refractivity contribution in [1.82, 2.24) is 0 Å². The van der Waals surface area contributed by atoms with Crippen LogP contribution >= 0.6 is 0 Å². The van der Waals surface area contributed by atoms with Crippen LogP contribution in [0, 0.1) is 10.8 Å². The van der Waals surface area contributed by atoms with E-state index in [2.05, 4.69) is 88.0 Å². The van der Waals surface area contributed by atoms with Gasteiger partial charge in [0.05, 0.1) is 14.2 Å². The van der Waals surface area contributed by atoms with Crippen molar-refractivity contribution >= 4 is 16.5 Å². The molecule has 7 rings (SSSR count). The van der Waals surface area contributed by atoms with Crippen molar-refractivity contribution in [2.75, 3.05) is 25.7 Å². The molecule has 4 nitrogen and oxygen atoms in total. The first kappa shape index (κ1) is 29.1. The first-order valence-electron chi connectivity index (χ1n) is 16.4. The number of piperidine rings is 1. The van der Waals surface area contributed by atoms with E-state index in [4.69, 9.17) is 9.47 Å². The third-order valence-corrected chi connectivity index (χ3v) is 10.8. The second-order valence-electron chi connectivity index (χ2n) is 15.3. The predicted octanol–water partition coefficient (Wildman–Crippen LogP) is 10.1. The number of ether oxygens (including phenoxy) is 2. The molecule has 1 N–H and O–H groups in total. The Labute approximate surface area is 263 Å². The molecular weight excluding hydrogens is 542 g/mol. The summed E-state index contributed by atoms with van der Waals surface area (Å²) in [6.07, 6.45) is 6.96. The van der Waals surface area contributed by atoms with E-state index in [1.54, 1.807) is 14.2 Å². The van der Waals surface area contributed by atoms with Gasteiger partial charge in [0.25, 0.3) is 0 Å². The van der Waals surface area contributed by atoms with Crippen LogP contribution in [0.5, 0.6) is 17.2 Å². The minimum atomic E-state index is -0.126. The average Bonchev–Trinajstić information content (AvgIpc) is 3.23. The van der Waals surface area contributed by atoms with Gasteiger partial charge in [-0.25, -0.2) is 0 Å². The van der Waals surface area contributed by atoms with E-state index in [0.29, 0.717) is 11.8 Å². The summed E-state index contributed by atoms with van der Waals surface area (Å²) in [4.78, 5) is 2.59. The Morgan fingerprint density at radius 3 is 2.20 bits per heavy atom. The normalized spacial score (nSPS) is 21.2.